The summed E-state index contributed by atoms with van der Waals surface area (Å²) in [5, 5.41) is 19.4. The van der Waals surface area contributed by atoms with Crippen LogP contribution in [0.5, 0.6) is 11.5 Å². The van der Waals surface area contributed by atoms with E-state index >= 15 is 0 Å². The molecule has 0 bridgehead atoms. The number of hydrogen-bond donors (Lipinski definition) is 2. The molecular formula is C14H12Br2O4S. The number of halogens is 2. The number of hydrogen-bond acceptors (Lipinski definition) is 4. The zero-order valence-corrected chi connectivity index (χ0v) is 15.2. The van der Waals surface area contributed by atoms with Gasteiger partial charge in [-0.15, -0.1) is 0 Å². The van der Waals surface area contributed by atoms with Gasteiger partial charge in [-0.2, -0.15) is 0 Å². The molecule has 4 nitrogen and oxygen atoms in total. The molecule has 0 aliphatic rings. The molecule has 2 N–H and O–H groups in total. The predicted octanol–water partition coefficient (Wildman–Crippen LogP) is 4.07. The van der Waals surface area contributed by atoms with Crippen molar-refractivity contribution in [3.63, 3.8) is 0 Å². The van der Waals surface area contributed by atoms with Gasteiger partial charge >= 0.3 is 0 Å². The summed E-state index contributed by atoms with van der Waals surface area (Å²) in [7, 11) is -3.74. The summed E-state index contributed by atoms with van der Waals surface area (Å²) in [5.74, 6) is 0.0223. The smallest absolute Gasteiger partial charge is 0.206 e. The molecule has 2 rings (SSSR count). The number of aromatic hydroxyl groups is 2. The molecule has 2 aromatic rings. The summed E-state index contributed by atoms with van der Waals surface area (Å²) in [4.78, 5) is 0.142. The third-order valence-corrected chi connectivity index (χ3v) is 6.00. The van der Waals surface area contributed by atoms with Crippen molar-refractivity contribution >= 4 is 41.7 Å². The van der Waals surface area contributed by atoms with Gasteiger partial charge in [0.25, 0.3) is 0 Å². The number of phenolic OH excluding ortho intramolecular Hbond substituents is 2. The first-order valence-corrected chi connectivity index (χ1v) is 8.95. The largest absolute Gasteiger partial charge is 0.506 e. The summed E-state index contributed by atoms with van der Waals surface area (Å²) in [6, 6.07) is 5.53. The molecule has 0 unspecified atom stereocenters. The average molecular weight is 436 g/mol. The monoisotopic (exact) mass is 434 g/mol. The van der Waals surface area contributed by atoms with Crippen LogP contribution in [0.4, 0.5) is 0 Å². The first-order chi connectivity index (χ1) is 9.64. The molecule has 0 saturated heterocycles. The normalized spacial score (nSPS) is 11.6. The molecule has 0 spiro atoms. The van der Waals surface area contributed by atoms with E-state index < -0.39 is 9.84 Å². The summed E-state index contributed by atoms with van der Waals surface area (Å²) >= 11 is 6.28. The lowest BCUT2D eigenvalue weighted by Crippen LogP contribution is -2.03. The molecule has 0 aliphatic heterocycles. The Labute approximate surface area is 139 Å². The molecule has 0 aliphatic carbocycles. The maximum absolute atomic E-state index is 12.7. The summed E-state index contributed by atoms with van der Waals surface area (Å²) in [5.41, 5.74) is 0.912. The van der Waals surface area contributed by atoms with Gasteiger partial charge in [-0.05, 0) is 81.1 Å². The van der Waals surface area contributed by atoms with Gasteiger partial charge < -0.3 is 10.2 Å². The third-order valence-electron chi connectivity index (χ3n) is 3.08. The lowest BCUT2D eigenvalue weighted by molar-refractivity contribution is 0.467. The van der Waals surface area contributed by atoms with Gasteiger partial charge in [0.15, 0.2) is 0 Å². The minimum atomic E-state index is -3.74. The first kappa shape index (κ1) is 16.3. The quantitative estimate of drug-likeness (QED) is 0.745. The fourth-order valence-corrected chi connectivity index (χ4v) is 4.76. The molecule has 0 radical (unpaired) electrons. The van der Waals surface area contributed by atoms with Crippen LogP contribution < -0.4 is 0 Å². The second-order valence-corrected chi connectivity index (χ2v) is 8.30. The lowest BCUT2D eigenvalue weighted by Gasteiger charge is -2.10. The number of sulfone groups is 1. The van der Waals surface area contributed by atoms with Crippen LogP contribution in [-0.2, 0) is 9.84 Å². The fraction of sp³-hybridized carbons (Fsp3) is 0.143. The van der Waals surface area contributed by atoms with Crippen LogP contribution in [0.3, 0.4) is 0 Å². The third kappa shape index (κ3) is 2.95. The Balaban J connectivity index is 2.68. The fourth-order valence-electron chi connectivity index (χ4n) is 1.86. The Kier molecular flexibility index (Phi) is 4.37. The van der Waals surface area contributed by atoms with Crippen molar-refractivity contribution < 1.29 is 18.6 Å². The van der Waals surface area contributed by atoms with Crippen LogP contribution >= 0.6 is 31.9 Å². The van der Waals surface area contributed by atoms with Crippen LogP contribution in [0.15, 0.2) is 43.0 Å². The SMILES string of the molecule is Cc1cc(S(=O)(=O)c2cc(C)c(O)c(Br)c2)cc(Br)c1O. The highest BCUT2D eigenvalue weighted by molar-refractivity contribution is 9.10. The molecule has 112 valence electrons. The number of aryl methyl sites for hydroxylation is 2. The van der Waals surface area contributed by atoms with Crippen molar-refractivity contribution in [1.82, 2.24) is 0 Å². The van der Waals surface area contributed by atoms with Gasteiger partial charge in [-0.25, -0.2) is 8.42 Å². The van der Waals surface area contributed by atoms with Gasteiger partial charge in [0, 0.05) is 0 Å². The van der Waals surface area contributed by atoms with E-state index in [1.807, 2.05) is 0 Å². The van der Waals surface area contributed by atoms with E-state index in [0.717, 1.165) is 0 Å². The Morgan fingerprint density at radius 3 is 1.43 bits per heavy atom. The van der Waals surface area contributed by atoms with Crippen molar-refractivity contribution in [1.29, 1.82) is 0 Å². The minimum Gasteiger partial charge on any atom is -0.506 e. The molecule has 0 fully saturated rings. The summed E-state index contributed by atoms with van der Waals surface area (Å²) in [6.45, 7) is 3.24. The van der Waals surface area contributed by atoms with Crippen molar-refractivity contribution in [3.05, 3.63) is 44.3 Å². The zero-order chi connectivity index (χ0) is 15.9. The Bertz CT molecular complexity index is 719. The Morgan fingerprint density at radius 2 is 1.14 bits per heavy atom. The first-order valence-electron chi connectivity index (χ1n) is 5.88. The Hall–Kier alpha value is -1.05. The maximum Gasteiger partial charge on any atom is 0.206 e. The molecule has 2 aromatic carbocycles. The highest BCUT2D eigenvalue weighted by atomic mass is 79.9. The van der Waals surface area contributed by atoms with Gasteiger partial charge in [-0.1, -0.05) is 0 Å². The topological polar surface area (TPSA) is 74.6 Å². The minimum absolute atomic E-state index is 0.0111. The van der Waals surface area contributed by atoms with Crippen LogP contribution in [0.1, 0.15) is 11.1 Å². The van der Waals surface area contributed by atoms with E-state index in [2.05, 4.69) is 31.9 Å². The van der Waals surface area contributed by atoms with Gasteiger partial charge in [0.05, 0.1) is 18.7 Å². The molecule has 0 saturated carbocycles. The number of rotatable bonds is 2. The molecule has 7 heteroatoms. The highest BCUT2D eigenvalue weighted by Gasteiger charge is 2.22. The maximum atomic E-state index is 12.7. The Morgan fingerprint density at radius 1 is 0.810 bits per heavy atom. The van der Waals surface area contributed by atoms with Crippen molar-refractivity contribution in [2.45, 2.75) is 23.6 Å². The highest BCUT2D eigenvalue weighted by Crippen LogP contribution is 2.36. The van der Waals surface area contributed by atoms with Crippen LogP contribution in [0.2, 0.25) is 0 Å². The zero-order valence-electron chi connectivity index (χ0n) is 11.2. The molecule has 21 heavy (non-hydrogen) atoms. The van der Waals surface area contributed by atoms with Crippen molar-refractivity contribution in [2.75, 3.05) is 0 Å². The molecular weight excluding hydrogens is 424 g/mol. The average Bonchev–Trinajstić information content (AvgIpc) is 2.40. The summed E-state index contributed by atoms with van der Waals surface area (Å²) < 4.78 is 26.0. The van der Waals surface area contributed by atoms with Gasteiger partial charge in [0.2, 0.25) is 9.84 Å². The molecule has 0 amide bonds. The van der Waals surface area contributed by atoms with Crippen LogP contribution in [0, 0.1) is 13.8 Å². The second kappa shape index (κ2) is 5.62. The second-order valence-electron chi connectivity index (χ2n) is 4.64. The summed E-state index contributed by atoms with van der Waals surface area (Å²) in [6.07, 6.45) is 0. The molecule has 0 atom stereocenters. The number of phenols is 2. The van der Waals surface area contributed by atoms with Crippen LogP contribution in [-0.4, -0.2) is 18.6 Å². The number of benzene rings is 2. The van der Waals surface area contributed by atoms with E-state index in [4.69, 9.17) is 0 Å². The van der Waals surface area contributed by atoms with Crippen LogP contribution in [0.25, 0.3) is 0 Å². The molecule has 0 heterocycles. The molecule has 0 aromatic heterocycles. The lowest BCUT2D eigenvalue weighted by atomic mass is 10.2. The standard InChI is InChI=1S/C14H12Br2O4S/c1-7-3-9(5-11(15)13(7)17)21(19,20)10-4-8(2)14(18)12(16)6-10/h3-6,17-18H,1-2H3. The van der Waals surface area contributed by atoms with Crippen molar-refractivity contribution in [2.24, 2.45) is 0 Å². The van der Waals surface area contributed by atoms with E-state index in [1.54, 1.807) is 13.8 Å². The van der Waals surface area contributed by atoms with Crippen molar-refractivity contribution in [3.8, 4) is 11.5 Å². The van der Waals surface area contributed by atoms with E-state index in [0.29, 0.717) is 20.1 Å². The van der Waals surface area contributed by atoms with Gasteiger partial charge in [0.1, 0.15) is 11.5 Å². The van der Waals surface area contributed by atoms with E-state index in [9.17, 15) is 18.6 Å². The van der Waals surface area contributed by atoms with E-state index in [-0.39, 0.29) is 21.3 Å². The van der Waals surface area contributed by atoms with Gasteiger partial charge in [-0.3, -0.25) is 0 Å². The van der Waals surface area contributed by atoms with E-state index in [1.165, 1.54) is 24.3 Å². The predicted molar refractivity (Wildman–Crippen MR) is 86.5 cm³/mol.